The largest absolute Gasteiger partial charge is 0.231 e. The molecule has 2 aromatic rings. The van der Waals surface area contributed by atoms with Gasteiger partial charge in [-0.05, 0) is 12.5 Å². The summed E-state index contributed by atoms with van der Waals surface area (Å²) < 4.78 is -0.213. The Morgan fingerprint density at radius 2 is 1.94 bits per heavy atom. The summed E-state index contributed by atoms with van der Waals surface area (Å²) in [6, 6.07) is 9.81. The first-order chi connectivity index (χ1) is 8.16. The van der Waals surface area contributed by atoms with Gasteiger partial charge in [-0.2, -0.15) is 0 Å². The lowest BCUT2D eigenvalue weighted by Gasteiger charge is -2.08. The SMILES string of the molecule is Cc1cnc(SC(Cl)c2ccccc2)nc1Cl. The van der Waals surface area contributed by atoms with Crippen LogP contribution >= 0.6 is 35.0 Å². The molecule has 0 spiro atoms. The second-order valence-corrected chi connectivity index (χ2v) is 5.60. The second-order valence-electron chi connectivity index (χ2n) is 3.47. The maximum absolute atomic E-state index is 6.27. The molecule has 17 heavy (non-hydrogen) atoms. The lowest BCUT2D eigenvalue weighted by Crippen LogP contribution is -1.92. The molecule has 0 radical (unpaired) electrons. The van der Waals surface area contributed by atoms with Crippen LogP contribution in [0.4, 0.5) is 0 Å². The van der Waals surface area contributed by atoms with Crippen molar-refractivity contribution in [3.8, 4) is 0 Å². The van der Waals surface area contributed by atoms with Crippen LogP contribution in [-0.2, 0) is 0 Å². The van der Waals surface area contributed by atoms with Crippen LogP contribution in [0.2, 0.25) is 5.15 Å². The van der Waals surface area contributed by atoms with Gasteiger partial charge in [0.05, 0.1) is 0 Å². The molecule has 5 heteroatoms. The van der Waals surface area contributed by atoms with Crippen LogP contribution in [0.5, 0.6) is 0 Å². The Bertz CT molecular complexity index is 505. The van der Waals surface area contributed by atoms with Crippen LogP contribution in [0.3, 0.4) is 0 Å². The molecular weight excluding hydrogens is 275 g/mol. The number of benzene rings is 1. The molecule has 0 aliphatic heterocycles. The summed E-state index contributed by atoms with van der Waals surface area (Å²) in [6.45, 7) is 1.87. The summed E-state index contributed by atoms with van der Waals surface area (Å²) in [5.74, 6) is 0. The van der Waals surface area contributed by atoms with Crippen molar-refractivity contribution in [1.82, 2.24) is 9.97 Å². The van der Waals surface area contributed by atoms with Gasteiger partial charge in [-0.1, -0.05) is 53.7 Å². The summed E-state index contributed by atoms with van der Waals surface area (Å²) >= 11 is 13.6. The predicted octanol–water partition coefficient (Wildman–Crippen LogP) is 4.47. The van der Waals surface area contributed by atoms with Crippen molar-refractivity contribution in [3.05, 3.63) is 52.8 Å². The fraction of sp³-hybridized carbons (Fsp3) is 0.167. The van der Waals surface area contributed by atoms with Crippen LogP contribution in [-0.4, -0.2) is 9.97 Å². The number of hydrogen-bond acceptors (Lipinski definition) is 3. The summed E-state index contributed by atoms with van der Waals surface area (Å²) in [6.07, 6.45) is 1.70. The zero-order valence-electron chi connectivity index (χ0n) is 9.10. The van der Waals surface area contributed by atoms with Crippen LogP contribution in [0, 0.1) is 6.92 Å². The Kier molecular flexibility index (Phi) is 4.26. The number of alkyl halides is 1. The monoisotopic (exact) mass is 284 g/mol. The van der Waals surface area contributed by atoms with Gasteiger partial charge in [0.25, 0.3) is 0 Å². The fourth-order valence-corrected chi connectivity index (χ4v) is 2.53. The molecule has 1 heterocycles. The van der Waals surface area contributed by atoms with Crippen molar-refractivity contribution in [1.29, 1.82) is 0 Å². The summed E-state index contributed by atoms with van der Waals surface area (Å²) in [4.78, 5) is 8.36. The van der Waals surface area contributed by atoms with E-state index in [-0.39, 0.29) is 4.71 Å². The van der Waals surface area contributed by atoms with E-state index in [4.69, 9.17) is 23.2 Å². The highest BCUT2D eigenvalue weighted by Gasteiger charge is 2.11. The molecule has 2 rings (SSSR count). The third-order valence-corrected chi connectivity index (χ3v) is 3.95. The normalized spacial score (nSPS) is 12.4. The third-order valence-electron chi connectivity index (χ3n) is 2.16. The van der Waals surface area contributed by atoms with Gasteiger partial charge < -0.3 is 0 Å². The molecule has 1 aromatic heterocycles. The first kappa shape index (κ1) is 12.7. The van der Waals surface area contributed by atoms with Crippen molar-refractivity contribution in [2.45, 2.75) is 16.8 Å². The lowest BCUT2D eigenvalue weighted by molar-refractivity contribution is 0.949. The molecule has 0 saturated heterocycles. The van der Waals surface area contributed by atoms with Crippen LogP contribution < -0.4 is 0 Å². The maximum atomic E-state index is 6.27. The third kappa shape index (κ3) is 3.35. The molecule has 88 valence electrons. The minimum absolute atomic E-state index is 0.213. The average molecular weight is 285 g/mol. The predicted molar refractivity (Wildman–Crippen MR) is 72.7 cm³/mol. The van der Waals surface area contributed by atoms with Gasteiger partial charge in [-0.15, -0.1) is 11.6 Å². The van der Waals surface area contributed by atoms with Gasteiger partial charge in [0.2, 0.25) is 0 Å². The van der Waals surface area contributed by atoms with Gasteiger partial charge in [-0.3, -0.25) is 0 Å². The molecule has 0 aliphatic rings. The maximum Gasteiger partial charge on any atom is 0.190 e. The van der Waals surface area contributed by atoms with Gasteiger partial charge in [0.1, 0.15) is 9.86 Å². The van der Waals surface area contributed by atoms with Crippen LogP contribution in [0.25, 0.3) is 0 Å². The second kappa shape index (κ2) is 5.71. The number of aryl methyl sites for hydroxylation is 1. The molecule has 0 aliphatic carbocycles. The topological polar surface area (TPSA) is 25.8 Å². The van der Waals surface area contributed by atoms with Crippen molar-refractivity contribution in [3.63, 3.8) is 0 Å². The molecule has 0 fully saturated rings. The summed E-state index contributed by atoms with van der Waals surface area (Å²) in [5, 5.41) is 1.06. The quantitative estimate of drug-likeness (QED) is 0.360. The Morgan fingerprint density at radius 3 is 2.59 bits per heavy atom. The van der Waals surface area contributed by atoms with Crippen LogP contribution in [0.15, 0.2) is 41.7 Å². The van der Waals surface area contributed by atoms with E-state index in [0.717, 1.165) is 11.1 Å². The van der Waals surface area contributed by atoms with Crippen molar-refractivity contribution in [2.75, 3.05) is 0 Å². The standard InChI is InChI=1S/C12H10Cl2N2S/c1-8-7-15-12(16-10(8)13)17-11(14)9-5-3-2-4-6-9/h2-7,11H,1H3. The minimum atomic E-state index is -0.213. The summed E-state index contributed by atoms with van der Waals surface area (Å²) in [5.41, 5.74) is 1.89. The van der Waals surface area contributed by atoms with Gasteiger partial charge >= 0.3 is 0 Å². The highest BCUT2D eigenvalue weighted by Crippen LogP contribution is 2.36. The molecule has 1 unspecified atom stereocenters. The minimum Gasteiger partial charge on any atom is -0.231 e. The number of rotatable bonds is 3. The number of thioether (sulfide) groups is 1. The molecule has 0 amide bonds. The molecule has 1 aromatic carbocycles. The van der Waals surface area contributed by atoms with Crippen molar-refractivity contribution in [2.24, 2.45) is 0 Å². The van der Waals surface area contributed by atoms with Crippen molar-refractivity contribution >= 4 is 35.0 Å². The molecule has 1 atom stereocenters. The fourth-order valence-electron chi connectivity index (χ4n) is 1.23. The number of nitrogens with zero attached hydrogens (tertiary/aromatic N) is 2. The Balaban J connectivity index is 2.13. The van der Waals surface area contributed by atoms with E-state index < -0.39 is 0 Å². The Morgan fingerprint density at radius 1 is 1.24 bits per heavy atom. The van der Waals surface area contributed by atoms with E-state index in [1.165, 1.54) is 11.8 Å². The van der Waals surface area contributed by atoms with E-state index in [9.17, 15) is 0 Å². The number of halogens is 2. The number of hydrogen-bond donors (Lipinski definition) is 0. The molecule has 0 N–H and O–H groups in total. The molecule has 2 nitrogen and oxygen atoms in total. The van der Waals surface area contributed by atoms with Crippen molar-refractivity contribution < 1.29 is 0 Å². The van der Waals surface area contributed by atoms with Gasteiger partial charge in [0.15, 0.2) is 5.16 Å². The van der Waals surface area contributed by atoms with E-state index in [0.29, 0.717) is 10.3 Å². The Labute approximate surface area is 114 Å². The zero-order chi connectivity index (χ0) is 12.3. The van der Waals surface area contributed by atoms with E-state index in [1.54, 1.807) is 6.20 Å². The van der Waals surface area contributed by atoms with Crippen LogP contribution in [0.1, 0.15) is 15.8 Å². The average Bonchev–Trinajstić information content (AvgIpc) is 2.35. The lowest BCUT2D eigenvalue weighted by atomic mass is 10.2. The first-order valence-corrected chi connectivity index (χ1v) is 6.71. The molecular formula is C12H10Cl2N2S. The van der Waals surface area contributed by atoms with E-state index in [1.807, 2.05) is 37.3 Å². The highest BCUT2D eigenvalue weighted by atomic mass is 35.5. The zero-order valence-corrected chi connectivity index (χ0v) is 11.4. The van der Waals surface area contributed by atoms with E-state index >= 15 is 0 Å². The highest BCUT2D eigenvalue weighted by molar-refractivity contribution is 8.00. The van der Waals surface area contributed by atoms with Gasteiger partial charge in [0, 0.05) is 11.8 Å². The summed E-state index contributed by atoms with van der Waals surface area (Å²) in [7, 11) is 0. The van der Waals surface area contributed by atoms with E-state index in [2.05, 4.69) is 9.97 Å². The first-order valence-electron chi connectivity index (χ1n) is 5.01. The molecule has 0 bridgehead atoms. The smallest absolute Gasteiger partial charge is 0.190 e. The van der Waals surface area contributed by atoms with Gasteiger partial charge in [-0.25, -0.2) is 9.97 Å². The number of aromatic nitrogens is 2. The Hall–Kier alpha value is -0.770. The molecule has 0 saturated carbocycles.